The summed E-state index contributed by atoms with van der Waals surface area (Å²) < 4.78 is 17.0. The smallest absolute Gasteiger partial charge is 0.181 e. The molecule has 1 atom stereocenters. The van der Waals surface area contributed by atoms with Gasteiger partial charge in [-0.3, -0.25) is 4.68 Å². The second kappa shape index (κ2) is 9.18. The fourth-order valence-corrected chi connectivity index (χ4v) is 4.24. The molecular formula is C28H27FN6. The third-order valence-electron chi connectivity index (χ3n) is 6.19. The summed E-state index contributed by atoms with van der Waals surface area (Å²) in [5.74, 6) is 1.63. The van der Waals surface area contributed by atoms with Gasteiger partial charge in [0.1, 0.15) is 17.7 Å². The zero-order chi connectivity index (χ0) is 24.5. The summed E-state index contributed by atoms with van der Waals surface area (Å²) >= 11 is 0. The number of pyridine rings is 1. The van der Waals surface area contributed by atoms with Crippen molar-refractivity contribution in [3.8, 4) is 11.4 Å². The number of hydrogen-bond acceptors (Lipinski definition) is 5. The van der Waals surface area contributed by atoms with Crippen molar-refractivity contribution in [2.75, 3.05) is 11.1 Å². The minimum atomic E-state index is -0.569. The number of nitrogens with two attached hydrogens (primary N) is 1. The lowest BCUT2D eigenvalue weighted by molar-refractivity contribution is 0.589. The molecule has 0 aliphatic rings. The number of rotatable bonds is 6. The molecule has 35 heavy (non-hydrogen) atoms. The normalized spacial score (nSPS) is 12.3. The first kappa shape index (κ1) is 22.5. The molecule has 5 aromatic rings. The van der Waals surface area contributed by atoms with Gasteiger partial charge in [-0.2, -0.15) is 5.10 Å². The molecule has 0 spiro atoms. The third kappa shape index (κ3) is 4.45. The zero-order valence-corrected chi connectivity index (χ0v) is 19.9. The highest BCUT2D eigenvalue weighted by Gasteiger charge is 2.25. The molecule has 7 heteroatoms. The maximum atomic E-state index is 15.3. The Morgan fingerprint density at radius 1 is 0.971 bits per heavy atom. The summed E-state index contributed by atoms with van der Waals surface area (Å²) in [6, 6.07) is 22.2. The highest BCUT2D eigenvalue weighted by molar-refractivity contribution is 5.92. The van der Waals surface area contributed by atoms with Crippen LogP contribution >= 0.6 is 0 Å². The van der Waals surface area contributed by atoms with Crippen LogP contribution in [0.5, 0.6) is 0 Å². The number of benzene rings is 3. The van der Waals surface area contributed by atoms with Gasteiger partial charge in [0.15, 0.2) is 11.6 Å². The van der Waals surface area contributed by atoms with E-state index in [-0.39, 0.29) is 11.7 Å². The van der Waals surface area contributed by atoms with Crippen molar-refractivity contribution >= 4 is 22.3 Å². The minimum Gasteiger partial charge on any atom is -0.383 e. The summed E-state index contributed by atoms with van der Waals surface area (Å²) in [6.07, 6.45) is 1.68. The van der Waals surface area contributed by atoms with Crippen LogP contribution in [-0.2, 0) is 7.05 Å². The Morgan fingerprint density at radius 3 is 2.54 bits per heavy atom. The van der Waals surface area contributed by atoms with Gasteiger partial charge in [-0.15, -0.1) is 0 Å². The molecular weight excluding hydrogens is 439 g/mol. The number of aryl methyl sites for hydroxylation is 1. The Hall–Kier alpha value is -4.26. The van der Waals surface area contributed by atoms with Crippen LogP contribution < -0.4 is 11.1 Å². The summed E-state index contributed by atoms with van der Waals surface area (Å²) in [4.78, 5) is 9.00. The standard InChI is InChI=1S/C28H27FN6/c1-17(2)19-9-12-24(29)23(16-19)25(28-33-27(34-35(28)3)18-7-5-4-6-8-18)32-21-10-11-22-20(15-21)13-14-31-26(22)30/h4-17,25,32H,1-3H3,(H2,30,31). The van der Waals surface area contributed by atoms with E-state index in [1.807, 2.05) is 73.8 Å². The molecule has 2 heterocycles. The van der Waals surface area contributed by atoms with E-state index in [1.165, 1.54) is 6.07 Å². The molecule has 176 valence electrons. The first-order valence-corrected chi connectivity index (χ1v) is 11.6. The van der Waals surface area contributed by atoms with Crippen molar-refractivity contribution in [3.63, 3.8) is 0 Å². The molecule has 0 aliphatic carbocycles. The molecule has 0 saturated heterocycles. The van der Waals surface area contributed by atoms with Crippen molar-refractivity contribution in [1.29, 1.82) is 0 Å². The van der Waals surface area contributed by atoms with Crippen LogP contribution in [0.15, 0.2) is 79.0 Å². The van der Waals surface area contributed by atoms with Crippen molar-refractivity contribution in [1.82, 2.24) is 19.7 Å². The molecule has 0 radical (unpaired) electrons. The average Bonchev–Trinajstić information content (AvgIpc) is 3.25. The molecule has 3 N–H and O–H groups in total. The number of nitrogens with zero attached hydrogens (tertiary/aromatic N) is 4. The van der Waals surface area contributed by atoms with Gasteiger partial charge in [-0.25, -0.2) is 14.4 Å². The number of aromatic nitrogens is 4. The molecule has 0 saturated carbocycles. The van der Waals surface area contributed by atoms with Crippen LogP contribution in [0.4, 0.5) is 15.9 Å². The fourth-order valence-electron chi connectivity index (χ4n) is 4.24. The van der Waals surface area contributed by atoms with E-state index >= 15 is 4.39 Å². The molecule has 0 aliphatic heterocycles. The van der Waals surface area contributed by atoms with Gasteiger partial charge in [0, 0.05) is 35.4 Å². The summed E-state index contributed by atoms with van der Waals surface area (Å²) in [5, 5.41) is 9.96. The SMILES string of the molecule is CC(C)c1ccc(F)c(C(Nc2ccc3c(N)nccc3c2)c2nc(-c3ccccc3)nn2C)c1. The van der Waals surface area contributed by atoms with E-state index in [0.717, 1.165) is 27.6 Å². The first-order valence-electron chi connectivity index (χ1n) is 11.6. The van der Waals surface area contributed by atoms with E-state index in [1.54, 1.807) is 10.9 Å². The van der Waals surface area contributed by atoms with Gasteiger partial charge in [-0.05, 0) is 47.2 Å². The summed E-state index contributed by atoms with van der Waals surface area (Å²) in [5.41, 5.74) is 9.31. The number of hydrogen-bond donors (Lipinski definition) is 2. The fraction of sp³-hybridized carbons (Fsp3) is 0.179. The molecule has 5 rings (SSSR count). The largest absolute Gasteiger partial charge is 0.383 e. The Morgan fingerprint density at radius 2 is 1.77 bits per heavy atom. The number of nitrogens with one attached hydrogen (secondary N) is 1. The summed E-state index contributed by atoms with van der Waals surface area (Å²) in [6.45, 7) is 4.19. The molecule has 0 bridgehead atoms. The maximum Gasteiger partial charge on any atom is 0.181 e. The second-order valence-electron chi connectivity index (χ2n) is 8.93. The Kier molecular flexibility index (Phi) is 5.91. The third-order valence-corrected chi connectivity index (χ3v) is 6.19. The number of anilines is 2. The van der Waals surface area contributed by atoms with E-state index in [0.29, 0.717) is 23.0 Å². The summed E-state index contributed by atoms with van der Waals surface area (Å²) in [7, 11) is 1.83. The Labute approximate surface area is 203 Å². The lowest BCUT2D eigenvalue weighted by Crippen LogP contribution is -2.19. The van der Waals surface area contributed by atoms with Gasteiger partial charge in [0.05, 0.1) is 0 Å². The highest BCUT2D eigenvalue weighted by Crippen LogP contribution is 2.32. The lowest BCUT2D eigenvalue weighted by atomic mass is 9.96. The molecule has 1 unspecified atom stereocenters. The van der Waals surface area contributed by atoms with Crippen molar-refractivity contribution in [2.24, 2.45) is 7.05 Å². The highest BCUT2D eigenvalue weighted by atomic mass is 19.1. The van der Waals surface area contributed by atoms with E-state index in [9.17, 15) is 0 Å². The minimum absolute atomic E-state index is 0.255. The van der Waals surface area contributed by atoms with Gasteiger partial charge in [-0.1, -0.05) is 56.3 Å². The van der Waals surface area contributed by atoms with Gasteiger partial charge >= 0.3 is 0 Å². The molecule has 0 amide bonds. The van der Waals surface area contributed by atoms with Crippen LogP contribution in [0.25, 0.3) is 22.2 Å². The monoisotopic (exact) mass is 466 g/mol. The van der Waals surface area contributed by atoms with Crippen molar-refractivity contribution in [2.45, 2.75) is 25.8 Å². The van der Waals surface area contributed by atoms with Crippen LogP contribution in [0.3, 0.4) is 0 Å². The molecule has 3 aromatic carbocycles. The van der Waals surface area contributed by atoms with E-state index < -0.39 is 6.04 Å². The molecule has 0 fully saturated rings. The predicted octanol–water partition coefficient (Wildman–Crippen LogP) is 6.08. The lowest BCUT2D eigenvalue weighted by Gasteiger charge is -2.22. The van der Waals surface area contributed by atoms with E-state index in [2.05, 4.69) is 29.2 Å². The molecule has 2 aromatic heterocycles. The Balaban J connectivity index is 1.63. The van der Waals surface area contributed by atoms with Gasteiger partial charge in [0.25, 0.3) is 0 Å². The average molecular weight is 467 g/mol. The van der Waals surface area contributed by atoms with Crippen LogP contribution in [0, 0.1) is 5.82 Å². The quantitative estimate of drug-likeness (QED) is 0.317. The van der Waals surface area contributed by atoms with Crippen LogP contribution in [-0.4, -0.2) is 19.7 Å². The van der Waals surface area contributed by atoms with Gasteiger partial charge < -0.3 is 11.1 Å². The van der Waals surface area contributed by atoms with Crippen LogP contribution in [0.2, 0.25) is 0 Å². The van der Waals surface area contributed by atoms with Crippen molar-refractivity contribution in [3.05, 3.63) is 102 Å². The van der Waals surface area contributed by atoms with E-state index in [4.69, 9.17) is 10.7 Å². The second-order valence-corrected chi connectivity index (χ2v) is 8.93. The number of fused-ring (bicyclic) bond motifs is 1. The zero-order valence-electron chi connectivity index (χ0n) is 19.9. The first-order chi connectivity index (χ1) is 16.9. The van der Waals surface area contributed by atoms with Crippen LogP contribution in [0.1, 0.15) is 42.8 Å². The Bertz CT molecular complexity index is 1490. The van der Waals surface area contributed by atoms with Crippen molar-refractivity contribution < 1.29 is 4.39 Å². The predicted molar refractivity (Wildman–Crippen MR) is 139 cm³/mol. The number of nitrogen functional groups attached to an aromatic ring is 1. The van der Waals surface area contributed by atoms with Gasteiger partial charge in [0.2, 0.25) is 0 Å². The topological polar surface area (TPSA) is 81.7 Å². The number of halogens is 1. The maximum absolute atomic E-state index is 15.3. The molecule has 6 nitrogen and oxygen atoms in total.